The first kappa shape index (κ1) is 16.7. The highest BCUT2D eigenvalue weighted by atomic mass is 16.4. The van der Waals surface area contributed by atoms with Crippen molar-refractivity contribution >= 4 is 12.0 Å². The zero-order chi connectivity index (χ0) is 14.2. The molecule has 0 saturated heterocycles. The Morgan fingerprint density at radius 2 is 1.83 bits per heavy atom. The van der Waals surface area contributed by atoms with E-state index >= 15 is 0 Å². The van der Waals surface area contributed by atoms with Crippen molar-refractivity contribution in [1.82, 2.24) is 10.6 Å². The fourth-order valence-electron chi connectivity index (χ4n) is 1.55. The molecule has 0 rings (SSSR count). The molecule has 1 unspecified atom stereocenters. The van der Waals surface area contributed by atoms with Crippen molar-refractivity contribution in [3.8, 4) is 0 Å². The molecule has 0 aliphatic carbocycles. The number of nitrogens with one attached hydrogen (secondary N) is 2. The Labute approximate surface area is 109 Å². The lowest BCUT2D eigenvalue weighted by atomic mass is 10.1. The van der Waals surface area contributed by atoms with Gasteiger partial charge < -0.3 is 15.7 Å². The average Bonchev–Trinajstić information content (AvgIpc) is 2.23. The summed E-state index contributed by atoms with van der Waals surface area (Å²) >= 11 is 0. The van der Waals surface area contributed by atoms with Crippen molar-refractivity contribution in [2.45, 2.75) is 71.4 Å². The zero-order valence-corrected chi connectivity index (χ0v) is 11.9. The summed E-state index contributed by atoms with van der Waals surface area (Å²) in [6.07, 6.45) is 5.57. The first-order chi connectivity index (χ1) is 8.29. The standard InChI is InChI=1S/C13H26N2O3/c1-5-6-7-8-9-10(2)14-12(18)15-13(3,4)11(16)17/h10H,5-9H2,1-4H3,(H,16,17)(H2,14,15,18). The van der Waals surface area contributed by atoms with Gasteiger partial charge in [-0.05, 0) is 27.2 Å². The summed E-state index contributed by atoms with van der Waals surface area (Å²) in [5, 5.41) is 14.1. The molecule has 3 N–H and O–H groups in total. The molecule has 0 aromatic carbocycles. The summed E-state index contributed by atoms with van der Waals surface area (Å²) < 4.78 is 0. The Kier molecular flexibility index (Phi) is 7.39. The van der Waals surface area contributed by atoms with E-state index in [0.29, 0.717) is 0 Å². The van der Waals surface area contributed by atoms with Gasteiger partial charge in [0.15, 0.2) is 0 Å². The summed E-state index contributed by atoms with van der Waals surface area (Å²) in [6.45, 7) is 7.00. The highest BCUT2D eigenvalue weighted by Crippen LogP contribution is 2.06. The van der Waals surface area contributed by atoms with E-state index in [-0.39, 0.29) is 6.04 Å². The van der Waals surface area contributed by atoms with Crippen LogP contribution in [0.1, 0.15) is 59.8 Å². The van der Waals surface area contributed by atoms with E-state index in [4.69, 9.17) is 5.11 Å². The first-order valence-corrected chi connectivity index (χ1v) is 6.61. The minimum Gasteiger partial charge on any atom is -0.480 e. The van der Waals surface area contributed by atoms with Crippen molar-refractivity contribution in [1.29, 1.82) is 0 Å². The maximum Gasteiger partial charge on any atom is 0.328 e. The summed E-state index contributed by atoms with van der Waals surface area (Å²) in [5.74, 6) is -1.05. The molecule has 18 heavy (non-hydrogen) atoms. The number of rotatable bonds is 8. The van der Waals surface area contributed by atoms with E-state index in [1.165, 1.54) is 33.1 Å². The molecule has 0 spiro atoms. The van der Waals surface area contributed by atoms with Crippen LogP contribution in [0, 0.1) is 0 Å². The summed E-state index contributed by atoms with van der Waals surface area (Å²) in [4.78, 5) is 22.4. The zero-order valence-electron chi connectivity index (χ0n) is 11.9. The van der Waals surface area contributed by atoms with Gasteiger partial charge in [-0.1, -0.05) is 32.6 Å². The Hall–Kier alpha value is -1.26. The first-order valence-electron chi connectivity index (χ1n) is 6.61. The predicted octanol–water partition coefficient (Wildman–Crippen LogP) is 2.51. The summed E-state index contributed by atoms with van der Waals surface area (Å²) in [6, 6.07) is -0.364. The SMILES string of the molecule is CCCCCCC(C)NC(=O)NC(C)(C)C(=O)O. The lowest BCUT2D eigenvalue weighted by Gasteiger charge is -2.23. The second-order valence-corrected chi connectivity index (χ2v) is 5.28. The molecule has 2 amide bonds. The molecular weight excluding hydrogens is 232 g/mol. The molecule has 0 radical (unpaired) electrons. The summed E-state index contributed by atoms with van der Waals surface area (Å²) in [5.41, 5.74) is -1.24. The molecule has 0 aliphatic rings. The maximum absolute atomic E-state index is 11.6. The van der Waals surface area contributed by atoms with Gasteiger partial charge in [-0.3, -0.25) is 0 Å². The second-order valence-electron chi connectivity index (χ2n) is 5.28. The molecule has 0 aromatic heterocycles. The molecule has 0 saturated carbocycles. The van der Waals surface area contributed by atoms with Gasteiger partial charge in [0.05, 0.1) is 0 Å². The van der Waals surface area contributed by atoms with Crippen LogP contribution < -0.4 is 10.6 Å². The largest absolute Gasteiger partial charge is 0.480 e. The molecule has 1 atom stereocenters. The molecular formula is C13H26N2O3. The van der Waals surface area contributed by atoms with Crippen LogP contribution in [0.5, 0.6) is 0 Å². The van der Waals surface area contributed by atoms with Gasteiger partial charge >= 0.3 is 12.0 Å². The molecule has 0 aliphatic heterocycles. The lowest BCUT2D eigenvalue weighted by Crippen LogP contribution is -2.54. The quantitative estimate of drug-likeness (QED) is 0.585. The van der Waals surface area contributed by atoms with Crippen molar-refractivity contribution < 1.29 is 14.7 Å². The monoisotopic (exact) mass is 258 g/mol. The van der Waals surface area contributed by atoms with E-state index < -0.39 is 17.5 Å². The molecule has 0 aromatic rings. The minimum absolute atomic E-state index is 0.0615. The number of hydrogen-bond acceptors (Lipinski definition) is 2. The van der Waals surface area contributed by atoms with Crippen LogP contribution in [0.4, 0.5) is 4.79 Å². The van der Waals surface area contributed by atoms with Crippen LogP contribution in [-0.2, 0) is 4.79 Å². The number of aliphatic carboxylic acids is 1. The Morgan fingerprint density at radius 3 is 2.33 bits per heavy atom. The van der Waals surface area contributed by atoms with Crippen LogP contribution in [0.25, 0.3) is 0 Å². The van der Waals surface area contributed by atoms with Gasteiger partial charge in [0.1, 0.15) is 5.54 Å². The molecule has 5 nitrogen and oxygen atoms in total. The third-order valence-electron chi connectivity index (χ3n) is 2.83. The topological polar surface area (TPSA) is 78.4 Å². The number of carboxylic acids is 1. The van der Waals surface area contributed by atoms with E-state index in [1.807, 2.05) is 6.92 Å². The van der Waals surface area contributed by atoms with Crippen molar-refractivity contribution in [3.63, 3.8) is 0 Å². The molecule has 0 heterocycles. The van der Waals surface area contributed by atoms with Crippen molar-refractivity contribution in [2.24, 2.45) is 0 Å². The van der Waals surface area contributed by atoms with Gasteiger partial charge in [-0.25, -0.2) is 9.59 Å². The summed E-state index contributed by atoms with van der Waals surface area (Å²) in [7, 11) is 0. The van der Waals surface area contributed by atoms with E-state index in [0.717, 1.165) is 12.8 Å². The highest BCUT2D eigenvalue weighted by Gasteiger charge is 2.29. The smallest absolute Gasteiger partial charge is 0.328 e. The van der Waals surface area contributed by atoms with Crippen LogP contribution in [0.15, 0.2) is 0 Å². The third kappa shape index (κ3) is 7.14. The normalized spacial score (nSPS) is 12.9. The van der Waals surface area contributed by atoms with E-state index in [1.54, 1.807) is 0 Å². The highest BCUT2D eigenvalue weighted by molar-refractivity contribution is 5.85. The van der Waals surface area contributed by atoms with Gasteiger partial charge in [-0.15, -0.1) is 0 Å². The van der Waals surface area contributed by atoms with Gasteiger partial charge in [0.25, 0.3) is 0 Å². The molecule has 5 heteroatoms. The predicted molar refractivity (Wildman–Crippen MR) is 71.6 cm³/mol. The number of carbonyl (C=O) groups is 2. The Morgan fingerprint density at radius 1 is 1.22 bits per heavy atom. The number of carbonyl (C=O) groups excluding carboxylic acids is 1. The number of amides is 2. The van der Waals surface area contributed by atoms with Gasteiger partial charge in [-0.2, -0.15) is 0 Å². The third-order valence-corrected chi connectivity index (χ3v) is 2.83. The van der Waals surface area contributed by atoms with Crippen LogP contribution >= 0.6 is 0 Å². The van der Waals surface area contributed by atoms with E-state index in [9.17, 15) is 9.59 Å². The number of carboxylic acid groups (broad SMARTS) is 1. The minimum atomic E-state index is -1.24. The Bertz CT molecular complexity index is 277. The van der Waals surface area contributed by atoms with Crippen molar-refractivity contribution in [3.05, 3.63) is 0 Å². The average molecular weight is 258 g/mol. The maximum atomic E-state index is 11.6. The fourth-order valence-corrected chi connectivity index (χ4v) is 1.55. The molecule has 0 bridgehead atoms. The number of urea groups is 1. The fraction of sp³-hybridized carbons (Fsp3) is 0.846. The van der Waals surface area contributed by atoms with Crippen LogP contribution in [-0.4, -0.2) is 28.7 Å². The van der Waals surface area contributed by atoms with Crippen LogP contribution in [0.3, 0.4) is 0 Å². The number of hydrogen-bond donors (Lipinski definition) is 3. The van der Waals surface area contributed by atoms with Gasteiger partial charge in [0, 0.05) is 6.04 Å². The van der Waals surface area contributed by atoms with Crippen LogP contribution in [0.2, 0.25) is 0 Å². The van der Waals surface area contributed by atoms with E-state index in [2.05, 4.69) is 17.6 Å². The number of unbranched alkanes of at least 4 members (excludes halogenated alkanes) is 3. The van der Waals surface area contributed by atoms with Crippen molar-refractivity contribution in [2.75, 3.05) is 0 Å². The second kappa shape index (κ2) is 7.95. The molecule has 0 fully saturated rings. The lowest BCUT2D eigenvalue weighted by molar-refractivity contribution is -0.142. The Balaban J connectivity index is 3.90. The van der Waals surface area contributed by atoms with Gasteiger partial charge in [0.2, 0.25) is 0 Å². The molecule has 106 valence electrons.